The molecule has 0 aromatic heterocycles. The van der Waals surface area contributed by atoms with Gasteiger partial charge >= 0.3 is 6.09 Å². The first-order valence-electron chi connectivity index (χ1n) is 7.21. The van der Waals surface area contributed by atoms with Crippen LogP contribution in [-0.4, -0.2) is 37.2 Å². The molecule has 1 N–H and O–H groups in total. The van der Waals surface area contributed by atoms with E-state index < -0.39 is 11.7 Å². The maximum atomic E-state index is 12.0. The Kier molecular flexibility index (Phi) is 8.02. The van der Waals surface area contributed by atoms with Gasteiger partial charge in [-0.05, 0) is 45.4 Å². The lowest BCUT2D eigenvalue weighted by Gasteiger charge is -2.19. The van der Waals surface area contributed by atoms with Crippen molar-refractivity contribution >= 4 is 39.4 Å². The van der Waals surface area contributed by atoms with Gasteiger partial charge in [0, 0.05) is 28.2 Å². The molecule has 0 fully saturated rings. The molecular weight excluding hydrogens is 386 g/mol. The van der Waals surface area contributed by atoms with Gasteiger partial charge in [0.15, 0.2) is 5.78 Å². The molecule has 0 heterocycles. The summed E-state index contributed by atoms with van der Waals surface area (Å²) in [6.07, 6.45) is 0.128. The van der Waals surface area contributed by atoms with Crippen molar-refractivity contribution in [1.82, 2.24) is 5.32 Å². The first kappa shape index (κ1) is 19.9. The zero-order valence-electron chi connectivity index (χ0n) is 13.4. The first-order valence-corrected chi connectivity index (χ1v) is 8.38. The van der Waals surface area contributed by atoms with Gasteiger partial charge < -0.3 is 14.8 Å². The van der Waals surface area contributed by atoms with Crippen LogP contribution in [0.3, 0.4) is 0 Å². The van der Waals surface area contributed by atoms with Crippen molar-refractivity contribution in [3.05, 3.63) is 33.3 Å². The van der Waals surface area contributed by atoms with Crippen LogP contribution in [0, 0.1) is 0 Å². The molecule has 0 spiro atoms. The average Bonchev–Trinajstić information content (AvgIpc) is 2.39. The summed E-state index contributed by atoms with van der Waals surface area (Å²) in [6, 6.07) is 5.01. The fraction of sp³-hybridized carbons (Fsp3) is 0.500. The monoisotopic (exact) mass is 405 g/mol. The number of alkyl carbamates (subject to hydrolysis) is 1. The zero-order valence-corrected chi connectivity index (χ0v) is 15.8. The minimum Gasteiger partial charge on any atom is -0.444 e. The maximum Gasteiger partial charge on any atom is 0.407 e. The number of carbonyl (C=O) groups excluding carboxylic acids is 2. The Balaban J connectivity index is 2.20. The third kappa shape index (κ3) is 8.93. The molecule has 0 aliphatic rings. The van der Waals surface area contributed by atoms with Crippen LogP contribution in [0.5, 0.6) is 0 Å². The molecule has 23 heavy (non-hydrogen) atoms. The van der Waals surface area contributed by atoms with E-state index in [4.69, 9.17) is 21.1 Å². The van der Waals surface area contributed by atoms with Gasteiger partial charge in [-0.25, -0.2) is 4.79 Å². The first-order chi connectivity index (χ1) is 10.7. The van der Waals surface area contributed by atoms with Crippen molar-refractivity contribution in [3.63, 3.8) is 0 Å². The predicted molar refractivity (Wildman–Crippen MR) is 93.2 cm³/mol. The van der Waals surface area contributed by atoms with Crippen molar-refractivity contribution in [2.75, 3.05) is 19.8 Å². The van der Waals surface area contributed by atoms with Gasteiger partial charge in [0.2, 0.25) is 0 Å². The molecule has 0 bridgehead atoms. The molecule has 0 aliphatic heterocycles. The fourth-order valence-corrected chi connectivity index (χ4v) is 2.50. The van der Waals surface area contributed by atoms with Gasteiger partial charge in [0.25, 0.3) is 0 Å². The van der Waals surface area contributed by atoms with Gasteiger partial charge in [-0.1, -0.05) is 27.5 Å². The van der Waals surface area contributed by atoms with Gasteiger partial charge in [-0.3, -0.25) is 4.79 Å². The topological polar surface area (TPSA) is 64.6 Å². The van der Waals surface area contributed by atoms with Crippen molar-refractivity contribution in [3.8, 4) is 0 Å². The Morgan fingerprint density at radius 3 is 2.57 bits per heavy atom. The number of ketones is 1. The fourth-order valence-electron chi connectivity index (χ4n) is 1.64. The number of rotatable bonds is 7. The third-order valence-electron chi connectivity index (χ3n) is 2.55. The van der Waals surface area contributed by atoms with Crippen LogP contribution >= 0.6 is 27.5 Å². The van der Waals surface area contributed by atoms with E-state index in [1.165, 1.54) is 0 Å². The highest BCUT2D eigenvalue weighted by molar-refractivity contribution is 9.10. The standard InChI is InChI=1S/C16H21BrClNO4/c1-16(2,3)23-15(21)19-5-4-6-22-10-14(20)11-7-12(17)9-13(18)8-11/h7-9H,4-6,10H2,1-3H3,(H,19,21). The summed E-state index contributed by atoms with van der Waals surface area (Å²) in [7, 11) is 0. The molecule has 0 aliphatic carbocycles. The molecule has 0 atom stereocenters. The number of hydrogen-bond acceptors (Lipinski definition) is 4. The molecule has 0 saturated heterocycles. The number of nitrogens with one attached hydrogen (secondary N) is 1. The van der Waals surface area contributed by atoms with Crippen LogP contribution in [0.2, 0.25) is 5.02 Å². The maximum absolute atomic E-state index is 12.0. The molecule has 0 unspecified atom stereocenters. The molecule has 1 aromatic rings. The summed E-state index contributed by atoms with van der Waals surface area (Å²) in [5.74, 6) is -0.145. The molecule has 0 saturated carbocycles. The normalized spacial score (nSPS) is 11.2. The number of hydrogen-bond donors (Lipinski definition) is 1. The SMILES string of the molecule is CC(C)(C)OC(=O)NCCCOCC(=O)c1cc(Cl)cc(Br)c1. The lowest BCUT2D eigenvalue weighted by Crippen LogP contribution is -2.33. The van der Waals surface area contributed by atoms with Gasteiger partial charge in [-0.15, -0.1) is 0 Å². The Labute approximate surface area is 149 Å². The summed E-state index contributed by atoms with van der Waals surface area (Å²) < 4.78 is 11.2. The van der Waals surface area contributed by atoms with E-state index in [1.54, 1.807) is 39.0 Å². The highest BCUT2D eigenvalue weighted by Gasteiger charge is 2.15. The molecule has 5 nitrogen and oxygen atoms in total. The van der Waals surface area contributed by atoms with Crippen LogP contribution in [0.15, 0.2) is 22.7 Å². The smallest absolute Gasteiger partial charge is 0.407 e. The Bertz CT molecular complexity index is 537. The number of ether oxygens (including phenoxy) is 2. The summed E-state index contributed by atoms with van der Waals surface area (Å²) in [6.45, 7) is 6.16. The lowest BCUT2D eigenvalue weighted by molar-refractivity contribution is 0.0515. The summed E-state index contributed by atoms with van der Waals surface area (Å²) in [4.78, 5) is 23.4. The molecule has 1 aromatic carbocycles. The molecule has 0 radical (unpaired) electrons. The van der Waals surface area contributed by atoms with Crippen molar-refractivity contribution in [1.29, 1.82) is 0 Å². The summed E-state index contributed by atoms with van der Waals surface area (Å²) >= 11 is 9.19. The summed E-state index contributed by atoms with van der Waals surface area (Å²) in [5, 5.41) is 3.11. The average molecular weight is 407 g/mol. The number of amides is 1. The Morgan fingerprint density at radius 1 is 1.26 bits per heavy atom. The van der Waals surface area contributed by atoms with Crippen LogP contribution in [0.4, 0.5) is 4.79 Å². The predicted octanol–water partition coefficient (Wildman–Crippen LogP) is 4.22. The number of carbonyl (C=O) groups is 2. The van der Waals surface area contributed by atoms with Crippen LogP contribution in [0.1, 0.15) is 37.6 Å². The van der Waals surface area contributed by atoms with E-state index in [1.807, 2.05) is 0 Å². The Hall–Kier alpha value is -1.11. The molecule has 7 heteroatoms. The minimum atomic E-state index is -0.516. The van der Waals surface area contributed by atoms with Gasteiger partial charge in [0.05, 0.1) is 0 Å². The Morgan fingerprint density at radius 2 is 1.96 bits per heavy atom. The number of halogens is 2. The number of benzene rings is 1. The lowest BCUT2D eigenvalue weighted by atomic mass is 10.1. The van der Waals surface area contributed by atoms with E-state index >= 15 is 0 Å². The van der Waals surface area contributed by atoms with E-state index in [2.05, 4.69) is 21.2 Å². The molecular formula is C16H21BrClNO4. The van der Waals surface area contributed by atoms with Crippen molar-refractivity contribution in [2.45, 2.75) is 32.8 Å². The largest absolute Gasteiger partial charge is 0.444 e. The zero-order chi connectivity index (χ0) is 17.5. The third-order valence-corrected chi connectivity index (χ3v) is 3.23. The van der Waals surface area contributed by atoms with E-state index in [0.717, 1.165) is 4.47 Å². The van der Waals surface area contributed by atoms with Crippen LogP contribution in [0.25, 0.3) is 0 Å². The van der Waals surface area contributed by atoms with E-state index in [-0.39, 0.29) is 12.4 Å². The molecule has 128 valence electrons. The second kappa shape index (κ2) is 9.25. The second-order valence-corrected chi connectivity index (χ2v) is 7.27. The van der Waals surface area contributed by atoms with Crippen LogP contribution < -0.4 is 5.32 Å². The molecule has 1 amide bonds. The van der Waals surface area contributed by atoms with E-state index in [9.17, 15) is 9.59 Å². The number of Topliss-reactive ketones (excluding diaryl/α,β-unsaturated/α-hetero) is 1. The second-order valence-electron chi connectivity index (χ2n) is 5.92. The van der Waals surface area contributed by atoms with Crippen molar-refractivity contribution < 1.29 is 19.1 Å². The highest BCUT2D eigenvalue weighted by atomic mass is 79.9. The highest BCUT2D eigenvalue weighted by Crippen LogP contribution is 2.19. The summed E-state index contributed by atoms with van der Waals surface area (Å²) in [5.41, 5.74) is -0.0191. The van der Waals surface area contributed by atoms with Crippen LogP contribution in [-0.2, 0) is 9.47 Å². The van der Waals surface area contributed by atoms with Gasteiger partial charge in [-0.2, -0.15) is 0 Å². The quantitative estimate of drug-likeness (QED) is 0.544. The molecule has 1 rings (SSSR count). The van der Waals surface area contributed by atoms with Gasteiger partial charge in [0.1, 0.15) is 12.2 Å². The van der Waals surface area contributed by atoms with Crippen molar-refractivity contribution in [2.24, 2.45) is 0 Å². The minimum absolute atomic E-state index is 0.0286. The van der Waals surface area contributed by atoms with E-state index in [0.29, 0.717) is 30.2 Å².